The van der Waals surface area contributed by atoms with Gasteiger partial charge in [0.15, 0.2) is 0 Å². The summed E-state index contributed by atoms with van der Waals surface area (Å²) in [6.45, 7) is 1.01. The predicted octanol–water partition coefficient (Wildman–Crippen LogP) is 2.49. The Morgan fingerprint density at radius 2 is 1.79 bits per heavy atom. The van der Waals surface area contributed by atoms with E-state index in [1.807, 2.05) is 11.4 Å². The van der Waals surface area contributed by atoms with Crippen LogP contribution < -0.4 is 5.32 Å². The predicted molar refractivity (Wildman–Crippen MR) is 109 cm³/mol. The Kier molecular flexibility index (Phi) is 6.17. The molecule has 1 aliphatic rings. The van der Waals surface area contributed by atoms with E-state index in [0.29, 0.717) is 30.8 Å². The summed E-state index contributed by atoms with van der Waals surface area (Å²) >= 11 is 1.41. The molecule has 3 rings (SSSR count). The second-order valence-electron chi connectivity index (χ2n) is 6.82. The van der Waals surface area contributed by atoms with E-state index in [1.165, 1.54) is 31.5 Å². The van der Waals surface area contributed by atoms with Crippen LogP contribution in [-0.2, 0) is 14.8 Å². The number of benzene rings is 1. The van der Waals surface area contributed by atoms with E-state index in [0.717, 1.165) is 4.31 Å². The van der Waals surface area contributed by atoms with Crippen molar-refractivity contribution in [2.75, 3.05) is 32.5 Å². The highest BCUT2D eigenvalue weighted by Crippen LogP contribution is 2.26. The summed E-state index contributed by atoms with van der Waals surface area (Å²) in [6.07, 6.45) is 1.09. The Bertz CT molecular complexity index is 947. The average molecular weight is 422 g/mol. The summed E-state index contributed by atoms with van der Waals surface area (Å²) in [6, 6.07) is 10.0. The van der Waals surface area contributed by atoms with Crippen LogP contribution in [0.1, 0.15) is 22.5 Å². The maximum atomic E-state index is 12.7. The number of nitrogens with one attached hydrogen (secondary N) is 1. The molecule has 1 aromatic carbocycles. The lowest BCUT2D eigenvalue weighted by atomic mass is 9.95. The topological polar surface area (TPSA) is 86.8 Å². The minimum absolute atomic E-state index is 0.00344. The molecule has 2 amide bonds. The summed E-state index contributed by atoms with van der Waals surface area (Å²) in [7, 11) is -0.757. The summed E-state index contributed by atoms with van der Waals surface area (Å²) < 4.78 is 26.1. The smallest absolute Gasteiger partial charge is 0.263 e. The number of rotatable bonds is 5. The van der Waals surface area contributed by atoms with Crippen molar-refractivity contribution in [3.8, 4) is 0 Å². The molecule has 150 valence electrons. The third-order valence-corrected chi connectivity index (χ3v) is 7.52. The van der Waals surface area contributed by atoms with Crippen molar-refractivity contribution in [1.29, 1.82) is 0 Å². The Labute approximate surface area is 169 Å². The van der Waals surface area contributed by atoms with Gasteiger partial charge in [-0.05, 0) is 36.4 Å². The number of likely N-dealkylation sites (tertiary alicyclic amines) is 1. The molecule has 9 heteroatoms. The van der Waals surface area contributed by atoms with E-state index in [4.69, 9.17) is 0 Å². The van der Waals surface area contributed by atoms with Gasteiger partial charge in [-0.3, -0.25) is 9.59 Å². The van der Waals surface area contributed by atoms with Gasteiger partial charge in [-0.2, -0.15) is 0 Å². The van der Waals surface area contributed by atoms with E-state index in [2.05, 4.69) is 5.32 Å². The molecular formula is C19H23N3O4S2. The van der Waals surface area contributed by atoms with Crippen LogP contribution in [0.4, 0.5) is 5.69 Å². The molecular weight excluding hydrogens is 398 g/mol. The number of piperidine rings is 1. The van der Waals surface area contributed by atoms with Crippen LogP contribution in [0.15, 0.2) is 46.7 Å². The number of hydrogen-bond acceptors (Lipinski definition) is 5. The SMILES string of the molecule is CN(C)S(=O)(=O)c1ccccc1NC(=O)C1CCN(C(=O)c2cccs2)CC1. The Morgan fingerprint density at radius 3 is 2.39 bits per heavy atom. The number of hydrogen-bond donors (Lipinski definition) is 1. The van der Waals surface area contributed by atoms with Crippen LogP contribution in [0.5, 0.6) is 0 Å². The Morgan fingerprint density at radius 1 is 1.11 bits per heavy atom. The van der Waals surface area contributed by atoms with Gasteiger partial charge < -0.3 is 10.2 Å². The highest BCUT2D eigenvalue weighted by molar-refractivity contribution is 7.89. The third-order valence-electron chi connectivity index (χ3n) is 4.79. The van der Waals surface area contributed by atoms with Crippen molar-refractivity contribution in [3.05, 3.63) is 46.7 Å². The molecule has 1 aliphatic heterocycles. The normalized spacial score (nSPS) is 15.6. The first-order valence-electron chi connectivity index (χ1n) is 8.96. The second-order valence-corrected chi connectivity index (χ2v) is 9.88. The first-order chi connectivity index (χ1) is 13.3. The van der Waals surface area contributed by atoms with Crippen LogP contribution in [0.3, 0.4) is 0 Å². The highest BCUT2D eigenvalue weighted by atomic mass is 32.2. The standard InChI is InChI=1S/C19H23N3O4S2/c1-21(2)28(25,26)17-8-4-3-6-15(17)20-18(23)14-9-11-22(12-10-14)19(24)16-7-5-13-27-16/h3-8,13-14H,9-12H2,1-2H3,(H,20,23). The number of anilines is 1. The number of carbonyl (C=O) groups excluding carboxylic acids is 2. The molecule has 2 heterocycles. The molecule has 0 radical (unpaired) electrons. The lowest BCUT2D eigenvalue weighted by Crippen LogP contribution is -2.41. The lowest BCUT2D eigenvalue weighted by Gasteiger charge is -2.31. The van der Waals surface area contributed by atoms with Crippen molar-refractivity contribution >= 4 is 38.9 Å². The number of carbonyl (C=O) groups is 2. The van der Waals surface area contributed by atoms with Gasteiger partial charge in [0.25, 0.3) is 5.91 Å². The molecule has 0 unspecified atom stereocenters. The van der Waals surface area contributed by atoms with Gasteiger partial charge in [-0.25, -0.2) is 12.7 Å². The van der Waals surface area contributed by atoms with Crippen molar-refractivity contribution in [2.45, 2.75) is 17.7 Å². The fraction of sp³-hybridized carbons (Fsp3) is 0.368. The van der Waals surface area contributed by atoms with Gasteiger partial charge in [0.1, 0.15) is 4.90 Å². The Balaban J connectivity index is 1.65. The van der Waals surface area contributed by atoms with Crippen molar-refractivity contribution < 1.29 is 18.0 Å². The number of sulfonamides is 1. The van der Waals surface area contributed by atoms with Gasteiger partial charge in [0.05, 0.1) is 10.6 Å². The first-order valence-corrected chi connectivity index (χ1v) is 11.3. The fourth-order valence-electron chi connectivity index (χ4n) is 3.13. The molecule has 28 heavy (non-hydrogen) atoms. The fourth-order valence-corrected chi connectivity index (χ4v) is 4.86. The van der Waals surface area contributed by atoms with Gasteiger partial charge in [0.2, 0.25) is 15.9 Å². The van der Waals surface area contributed by atoms with Crippen LogP contribution in [-0.4, -0.2) is 56.6 Å². The minimum Gasteiger partial charge on any atom is -0.338 e. The molecule has 0 spiro atoms. The molecule has 1 fully saturated rings. The summed E-state index contributed by atoms with van der Waals surface area (Å²) in [5.41, 5.74) is 0.276. The quantitative estimate of drug-likeness (QED) is 0.804. The van der Waals surface area contributed by atoms with Crippen LogP contribution in [0, 0.1) is 5.92 Å². The number of amides is 2. The molecule has 0 atom stereocenters. The van der Waals surface area contributed by atoms with Crippen LogP contribution in [0.2, 0.25) is 0 Å². The molecule has 1 aromatic heterocycles. The van der Waals surface area contributed by atoms with E-state index >= 15 is 0 Å². The summed E-state index contributed by atoms with van der Waals surface area (Å²) in [5, 5.41) is 4.63. The van der Waals surface area contributed by atoms with Crippen LogP contribution >= 0.6 is 11.3 Å². The zero-order valence-corrected chi connectivity index (χ0v) is 17.4. The average Bonchev–Trinajstić information content (AvgIpc) is 3.22. The van der Waals surface area contributed by atoms with E-state index < -0.39 is 10.0 Å². The number of thiophene rings is 1. The lowest BCUT2D eigenvalue weighted by molar-refractivity contribution is -0.121. The monoisotopic (exact) mass is 421 g/mol. The zero-order valence-electron chi connectivity index (χ0n) is 15.8. The maximum Gasteiger partial charge on any atom is 0.263 e. The van der Waals surface area contributed by atoms with E-state index in [1.54, 1.807) is 29.2 Å². The maximum absolute atomic E-state index is 12.7. The molecule has 7 nitrogen and oxygen atoms in total. The Hall–Kier alpha value is -2.23. The third kappa shape index (κ3) is 4.26. The van der Waals surface area contributed by atoms with Gasteiger partial charge in [-0.15, -0.1) is 11.3 Å². The minimum atomic E-state index is -3.66. The molecule has 1 saturated heterocycles. The zero-order chi connectivity index (χ0) is 20.3. The molecule has 1 N–H and O–H groups in total. The van der Waals surface area contributed by atoms with Crippen molar-refractivity contribution in [2.24, 2.45) is 5.92 Å². The van der Waals surface area contributed by atoms with Crippen molar-refractivity contribution in [1.82, 2.24) is 9.21 Å². The highest BCUT2D eigenvalue weighted by Gasteiger charge is 2.29. The second kappa shape index (κ2) is 8.42. The largest absolute Gasteiger partial charge is 0.338 e. The van der Waals surface area contributed by atoms with Crippen LogP contribution in [0.25, 0.3) is 0 Å². The van der Waals surface area contributed by atoms with Gasteiger partial charge in [0, 0.05) is 33.1 Å². The molecule has 2 aromatic rings. The summed E-state index contributed by atoms with van der Waals surface area (Å²) in [4.78, 5) is 27.6. The summed E-state index contributed by atoms with van der Waals surface area (Å²) in [5.74, 6) is -0.483. The van der Waals surface area contributed by atoms with E-state index in [9.17, 15) is 18.0 Å². The number of nitrogens with zero attached hydrogens (tertiary/aromatic N) is 2. The van der Waals surface area contributed by atoms with Gasteiger partial charge in [-0.1, -0.05) is 18.2 Å². The number of para-hydroxylation sites is 1. The van der Waals surface area contributed by atoms with Crippen molar-refractivity contribution in [3.63, 3.8) is 0 Å². The first kappa shape index (κ1) is 20.5. The molecule has 0 bridgehead atoms. The van der Waals surface area contributed by atoms with Gasteiger partial charge >= 0.3 is 0 Å². The molecule has 0 aliphatic carbocycles. The van der Waals surface area contributed by atoms with E-state index in [-0.39, 0.29) is 28.3 Å². The molecule has 0 saturated carbocycles.